The van der Waals surface area contributed by atoms with Crippen molar-refractivity contribution in [3.8, 4) is 0 Å². The van der Waals surface area contributed by atoms with Gasteiger partial charge in [0.1, 0.15) is 0 Å². The van der Waals surface area contributed by atoms with Crippen LogP contribution in [0.4, 0.5) is 60.5 Å². The maximum Gasteiger partial charge on any atom is 0.411 e. The zero-order valence-corrected chi connectivity index (χ0v) is 38.8. The molecule has 8 heteroatoms. The highest BCUT2D eigenvalue weighted by molar-refractivity contribution is 6.00. The average Bonchev–Trinajstić information content (AvgIpc) is 3.32. The number of rotatable bonds is 14. The smallest absolute Gasteiger partial charge is 0.310 e. The van der Waals surface area contributed by atoms with Crippen molar-refractivity contribution in [2.45, 2.75) is 95.8 Å². The maximum absolute atomic E-state index is 15.8. The van der Waals surface area contributed by atoms with Crippen LogP contribution in [-0.2, 0) is 16.2 Å². The Kier molecular flexibility index (Phi) is 12.8. The Morgan fingerprint density at radius 2 is 0.716 bits per heavy atom. The first kappa shape index (κ1) is 47.0. The van der Waals surface area contributed by atoms with Gasteiger partial charge in [-0.15, -0.1) is 0 Å². The molecule has 0 saturated carbocycles. The molecule has 2 nitrogen and oxygen atoms in total. The van der Waals surface area contributed by atoms with Crippen LogP contribution in [0.5, 0.6) is 0 Å². The summed E-state index contributed by atoms with van der Waals surface area (Å²) in [4.78, 5) is 3.78. The van der Waals surface area contributed by atoms with Crippen LogP contribution < -0.4 is 9.80 Å². The summed E-state index contributed by atoms with van der Waals surface area (Å²) in [5.41, 5.74) is -0.412. The molecule has 0 aliphatic heterocycles. The molecule has 0 bridgehead atoms. The molecule has 1 atom stereocenters. The second-order valence-corrected chi connectivity index (χ2v) is 18.5. The first-order valence-corrected chi connectivity index (χ1v) is 23.1. The van der Waals surface area contributed by atoms with Crippen LogP contribution in [-0.4, -0.2) is 12.4 Å². The molecule has 8 aromatic carbocycles. The Labute approximate surface area is 390 Å². The number of benzene rings is 8. The van der Waals surface area contributed by atoms with Gasteiger partial charge in [0.25, 0.3) is 0 Å². The molecule has 0 heterocycles. The molecule has 0 amide bonds. The van der Waals surface area contributed by atoms with Crippen LogP contribution in [0, 0.1) is 0 Å². The van der Waals surface area contributed by atoms with Gasteiger partial charge in [0.2, 0.25) is 5.41 Å². The van der Waals surface area contributed by atoms with E-state index in [1.54, 1.807) is 0 Å². The van der Waals surface area contributed by atoms with Gasteiger partial charge in [0.15, 0.2) is 0 Å². The minimum atomic E-state index is -5.78. The van der Waals surface area contributed by atoms with E-state index in [2.05, 4.69) is 53.7 Å². The van der Waals surface area contributed by atoms with Crippen LogP contribution >= 0.6 is 0 Å². The fourth-order valence-corrected chi connectivity index (χ4v) is 9.72. The minimum absolute atomic E-state index is 0.0541. The molecule has 0 N–H and O–H groups in total. The average molecular weight is 907 g/mol. The lowest BCUT2D eigenvalue weighted by molar-refractivity contribution is -0.288. The molecular weight excluding hydrogens is 851 g/mol. The van der Waals surface area contributed by atoms with Crippen molar-refractivity contribution in [3.63, 3.8) is 0 Å². The van der Waals surface area contributed by atoms with E-state index in [9.17, 15) is 0 Å². The predicted octanol–water partition coefficient (Wildman–Crippen LogP) is 18.5. The Morgan fingerprint density at radius 1 is 0.373 bits per heavy atom. The molecule has 67 heavy (non-hydrogen) atoms. The van der Waals surface area contributed by atoms with Crippen molar-refractivity contribution in [3.05, 3.63) is 204 Å². The lowest BCUT2D eigenvalue weighted by atomic mass is 9.72. The topological polar surface area (TPSA) is 6.48 Å². The van der Waals surface area contributed by atoms with Gasteiger partial charge in [0, 0.05) is 33.5 Å². The van der Waals surface area contributed by atoms with E-state index in [4.69, 9.17) is 0 Å². The van der Waals surface area contributed by atoms with Gasteiger partial charge in [-0.3, -0.25) is 0 Å². The largest absolute Gasteiger partial charge is 0.411 e. The first-order chi connectivity index (χ1) is 32.0. The van der Waals surface area contributed by atoms with E-state index >= 15 is 26.3 Å². The van der Waals surface area contributed by atoms with Crippen LogP contribution in [0.2, 0.25) is 0 Å². The number of hydrogen-bond acceptors (Lipinski definition) is 2. The second-order valence-electron chi connectivity index (χ2n) is 18.5. The molecule has 1 unspecified atom stereocenters. The molecule has 8 rings (SSSR count). The number of anilines is 6. The summed E-state index contributed by atoms with van der Waals surface area (Å²) in [5.74, 6) is 0. The normalized spacial score (nSPS) is 13.4. The Bertz CT molecular complexity index is 2930. The molecule has 0 aromatic heterocycles. The highest BCUT2D eigenvalue weighted by atomic mass is 19.4. The zero-order valence-electron chi connectivity index (χ0n) is 38.8. The molecule has 344 valence electrons. The van der Waals surface area contributed by atoms with Crippen LogP contribution in [0.3, 0.4) is 0 Å². The summed E-state index contributed by atoms with van der Waals surface area (Å²) in [6, 6.07) is 52.5. The summed E-state index contributed by atoms with van der Waals surface area (Å²) in [5, 5.41) is 3.62. The highest BCUT2D eigenvalue weighted by Crippen LogP contribution is 2.57. The van der Waals surface area contributed by atoms with E-state index in [0.717, 1.165) is 99.7 Å². The van der Waals surface area contributed by atoms with Crippen molar-refractivity contribution < 1.29 is 26.3 Å². The van der Waals surface area contributed by atoms with E-state index in [-0.39, 0.29) is 10.8 Å². The van der Waals surface area contributed by atoms with Gasteiger partial charge < -0.3 is 9.80 Å². The SMILES string of the molecule is CCCC(C)(CC)c1ccc(N(c2ccc(C(c3ccc(N(c4ccc(C(C)(C)CC)cc4)c4cccc5ccccc45)cc3)(C(F)(F)F)C(F)(F)F)cc2)c2cccc3ccccc23)cc1. The molecule has 0 aliphatic rings. The lowest BCUT2D eigenvalue weighted by Crippen LogP contribution is -2.54. The van der Waals surface area contributed by atoms with Crippen LogP contribution in [0.15, 0.2) is 182 Å². The summed E-state index contributed by atoms with van der Waals surface area (Å²) in [7, 11) is 0. The Morgan fingerprint density at radius 3 is 1.06 bits per heavy atom. The molecule has 0 saturated heterocycles. The fraction of sp³-hybridized carbons (Fsp3) is 0.254. The number of alkyl halides is 6. The van der Waals surface area contributed by atoms with E-state index in [1.165, 1.54) is 24.3 Å². The van der Waals surface area contributed by atoms with Gasteiger partial charge in [-0.25, -0.2) is 0 Å². The first-order valence-electron chi connectivity index (χ1n) is 23.1. The minimum Gasteiger partial charge on any atom is -0.310 e. The van der Waals surface area contributed by atoms with E-state index < -0.39 is 28.9 Å². The molecule has 0 fully saturated rings. The van der Waals surface area contributed by atoms with Crippen molar-refractivity contribution in [2.24, 2.45) is 0 Å². The van der Waals surface area contributed by atoms with Crippen molar-refractivity contribution in [2.75, 3.05) is 9.80 Å². The third-order valence-electron chi connectivity index (χ3n) is 14.2. The van der Waals surface area contributed by atoms with Gasteiger partial charge in [-0.05, 0) is 124 Å². The summed E-state index contributed by atoms with van der Waals surface area (Å²) in [6.45, 7) is 13.0. The predicted molar refractivity (Wildman–Crippen MR) is 266 cm³/mol. The van der Waals surface area contributed by atoms with E-state index in [0.29, 0.717) is 17.1 Å². The number of nitrogens with zero attached hydrogens (tertiary/aromatic N) is 2. The van der Waals surface area contributed by atoms with Gasteiger partial charge >= 0.3 is 12.4 Å². The molecule has 0 radical (unpaired) electrons. The van der Waals surface area contributed by atoms with Gasteiger partial charge in [-0.2, -0.15) is 26.3 Å². The third-order valence-corrected chi connectivity index (χ3v) is 14.2. The summed E-state index contributed by atoms with van der Waals surface area (Å²) in [6.07, 6.45) is -7.71. The third kappa shape index (κ3) is 8.56. The molecule has 0 spiro atoms. The summed E-state index contributed by atoms with van der Waals surface area (Å²) < 4.78 is 94.9. The van der Waals surface area contributed by atoms with Crippen molar-refractivity contribution in [1.29, 1.82) is 0 Å². The van der Waals surface area contributed by atoms with Crippen molar-refractivity contribution >= 4 is 55.7 Å². The highest BCUT2D eigenvalue weighted by Gasteiger charge is 2.72. The lowest BCUT2D eigenvalue weighted by Gasteiger charge is -2.39. The summed E-state index contributed by atoms with van der Waals surface area (Å²) >= 11 is 0. The Hall–Kier alpha value is -6.54. The monoisotopic (exact) mass is 906 g/mol. The van der Waals surface area contributed by atoms with Gasteiger partial charge in [0.05, 0.1) is 11.4 Å². The molecular formula is C59H56F6N2. The Balaban J connectivity index is 1.25. The van der Waals surface area contributed by atoms with E-state index in [1.807, 2.05) is 131 Å². The zero-order chi connectivity index (χ0) is 47.8. The second kappa shape index (κ2) is 18.3. The quantitative estimate of drug-likeness (QED) is 0.100. The van der Waals surface area contributed by atoms with Crippen LogP contribution in [0.1, 0.15) is 89.5 Å². The molecule has 0 aliphatic carbocycles. The number of fused-ring (bicyclic) bond motifs is 2. The molecule has 8 aromatic rings. The van der Waals surface area contributed by atoms with Crippen LogP contribution in [0.25, 0.3) is 21.5 Å². The number of hydrogen-bond donors (Lipinski definition) is 0. The van der Waals surface area contributed by atoms with Gasteiger partial charge in [-0.1, -0.05) is 169 Å². The standard InChI is InChI=1S/C59H56F6N2/c1-7-40-56(6,9-3)44-26-34-48(35-27-44)67(54-23-15-19-42-17-11-13-21-52(42)54)50-38-30-46(31-39-50)57(58(60,61)62,59(63,64)65)45-28-36-49(37-29-45)66(47-32-24-43(25-33-47)55(4,5)8-2)53-22-14-18-41-16-10-12-20-51(41)53/h10-39H,7-9,40H2,1-6H3. The van der Waals surface area contributed by atoms with Crippen molar-refractivity contribution in [1.82, 2.24) is 0 Å². The number of halogens is 6. The maximum atomic E-state index is 15.8. The fourth-order valence-electron chi connectivity index (χ4n) is 9.72.